The second-order valence-electron chi connectivity index (χ2n) is 3.62. The number of nitrogens with zero attached hydrogens (tertiary/aromatic N) is 1. The molecule has 0 aromatic heterocycles. The highest BCUT2D eigenvalue weighted by molar-refractivity contribution is 14.1. The summed E-state index contributed by atoms with van der Waals surface area (Å²) in [5.74, 6) is 0. The van der Waals surface area contributed by atoms with Crippen LogP contribution >= 0.6 is 22.6 Å². The summed E-state index contributed by atoms with van der Waals surface area (Å²) in [5, 5.41) is 4.28. The van der Waals surface area contributed by atoms with Crippen LogP contribution in [0.5, 0.6) is 0 Å². The van der Waals surface area contributed by atoms with Gasteiger partial charge in [0.25, 0.3) is 0 Å². The number of nitrogens with two attached hydrogens (primary N) is 1. The van der Waals surface area contributed by atoms with Crippen LogP contribution in [-0.4, -0.2) is 32.1 Å². The molecule has 0 aromatic carbocycles. The SMILES string of the molecule is NS(=O)(=O)C1C=NC=C(I)C1OC1CC1. The highest BCUT2D eigenvalue weighted by Gasteiger charge is 2.38. The van der Waals surface area contributed by atoms with Gasteiger partial charge in [-0.3, -0.25) is 4.99 Å². The van der Waals surface area contributed by atoms with Crippen molar-refractivity contribution in [2.24, 2.45) is 10.1 Å². The van der Waals surface area contributed by atoms with Crippen LogP contribution < -0.4 is 5.14 Å². The van der Waals surface area contributed by atoms with Crippen LogP contribution in [-0.2, 0) is 14.8 Å². The molecule has 2 aliphatic rings. The fourth-order valence-electron chi connectivity index (χ4n) is 1.32. The van der Waals surface area contributed by atoms with E-state index in [0.717, 1.165) is 16.4 Å². The summed E-state index contributed by atoms with van der Waals surface area (Å²) < 4.78 is 29.0. The van der Waals surface area contributed by atoms with Gasteiger partial charge in [0, 0.05) is 16.0 Å². The molecule has 1 fully saturated rings. The fraction of sp³-hybridized carbons (Fsp3) is 0.625. The van der Waals surface area contributed by atoms with Crippen LogP contribution in [0.1, 0.15) is 12.8 Å². The van der Waals surface area contributed by atoms with Crippen LogP contribution in [0.4, 0.5) is 0 Å². The Bertz CT molecular complexity index is 414. The lowest BCUT2D eigenvalue weighted by molar-refractivity contribution is 0.0760. The minimum absolute atomic E-state index is 0.184. The predicted octanol–water partition coefficient (Wildman–Crippen LogP) is 0.552. The smallest absolute Gasteiger partial charge is 0.220 e. The highest BCUT2D eigenvalue weighted by Crippen LogP contribution is 2.32. The first-order valence-electron chi connectivity index (χ1n) is 4.54. The van der Waals surface area contributed by atoms with Crippen LogP contribution in [0.25, 0.3) is 0 Å². The van der Waals surface area contributed by atoms with Gasteiger partial charge in [0.1, 0.15) is 11.4 Å². The summed E-state index contributed by atoms with van der Waals surface area (Å²) >= 11 is 2.04. The van der Waals surface area contributed by atoms with Gasteiger partial charge < -0.3 is 4.74 Å². The maximum Gasteiger partial charge on any atom is 0.220 e. The average Bonchev–Trinajstić information content (AvgIpc) is 2.90. The van der Waals surface area contributed by atoms with E-state index in [1.807, 2.05) is 22.6 Å². The van der Waals surface area contributed by atoms with Gasteiger partial charge in [-0.15, -0.1) is 0 Å². The van der Waals surface area contributed by atoms with Crippen LogP contribution in [0, 0.1) is 0 Å². The summed E-state index contributed by atoms with van der Waals surface area (Å²) in [6.07, 6.45) is 4.64. The Kier molecular flexibility index (Phi) is 3.15. The first-order valence-corrected chi connectivity index (χ1v) is 7.23. The lowest BCUT2D eigenvalue weighted by atomic mass is 10.2. The molecule has 1 aliphatic heterocycles. The normalized spacial score (nSPS) is 31.5. The molecule has 2 rings (SSSR count). The third-order valence-electron chi connectivity index (χ3n) is 2.24. The molecule has 2 unspecified atom stereocenters. The standard InChI is InChI=1S/C8H11IN2O3S/c9-6-3-11-4-7(15(10,12)13)8(6)14-5-1-2-5/h3-5,7-8H,1-2H2,(H2,10,12,13). The van der Waals surface area contributed by atoms with Gasteiger partial charge in [-0.05, 0) is 35.4 Å². The third kappa shape index (κ3) is 2.77. The maximum absolute atomic E-state index is 11.3. The molecular weight excluding hydrogens is 331 g/mol. The van der Waals surface area contributed by atoms with Gasteiger partial charge in [0.2, 0.25) is 10.0 Å². The molecule has 0 saturated heterocycles. The molecule has 1 heterocycles. The van der Waals surface area contributed by atoms with E-state index in [1.54, 1.807) is 6.20 Å². The first kappa shape index (κ1) is 11.5. The fourth-order valence-corrected chi connectivity index (χ4v) is 3.05. The Hall–Kier alpha value is 0.01000. The Balaban J connectivity index is 2.20. The lowest BCUT2D eigenvalue weighted by Gasteiger charge is -2.24. The van der Waals surface area contributed by atoms with E-state index in [-0.39, 0.29) is 6.10 Å². The number of rotatable bonds is 3. The first-order chi connectivity index (χ1) is 6.98. The number of ether oxygens (including phenoxy) is 1. The monoisotopic (exact) mass is 342 g/mol. The van der Waals surface area contributed by atoms with Gasteiger partial charge in [0.05, 0.1) is 6.10 Å². The second-order valence-corrected chi connectivity index (χ2v) is 6.59. The molecule has 84 valence electrons. The molecule has 7 heteroatoms. The summed E-state index contributed by atoms with van der Waals surface area (Å²) in [4.78, 5) is 3.85. The van der Waals surface area contributed by atoms with Crippen molar-refractivity contribution >= 4 is 38.8 Å². The zero-order valence-electron chi connectivity index (χ0n) is 7.84. The van der Waals surface area contributed by atoms with Crippen molar-refractivity contribution in [1.82, 2.24) is 0 Å². The molecule has 0 spiro atoms. The highest BCUT2D eigenvalue weighted by atomic mass is 127. The Morgan fingerprint density at radius 3 is 2.73 bits per heavy atom. The molecule has 2 atom stereocenters. The van der Waals surface area contributed by atoms with E-state index in [0.29, 0.717) is 0 Å². The largest absolute Gasteiger partial charge is 0.368 e. The van der Waals surface area contributed by atoms with Gasteiger partial charge in [-0.2, -0.15) is 0 Å². The number of halogens is 1. The van der Waals surface area contributed by atoms with Crippen molar-refractivity contribution in [1.29, 1.82) is 0 Å². The van der Waals surface area contributed by atoms with Gasteiger partial charge in [-0.1, -0.05) is 0 Å². The number of hydrogen-bond acceptors (Lipinski definition) is 4. The van der Waals surface area contributed by atoms with E-state index >= 15 is 0 Å². The Morgan fingerprint density at radius 1 is 1.53 bits per heavy atom. The van der Waals surface area contributed by atoms with Gasteiger partial charge in [-0.25, -0.2) is 13.6 Å². The molecular formula is C8H11IN2O3S. The molecule has 1 aliphatic carbocycles. The molecule has 1 saturated carbocycles. The third-order valence-corrected chi connectivity index (χ3v) is 4.26. The summed E-state index contributed by atoms with van der Waals surface area (Å²) in [7, 11) is -3.65. The summed E-state index contributed by atoms with van der Waals surface area (Å²) in [6.45, 7) is 0. The zero-order chi connectivity index (χ0) is 11.1. The molecule has 0 aromatic rings. The topological polar surface area (TPSA) is 81.8 Å². The molecule has 0 radical (unpaired) electrons. The minimum Gasteiger partial charge on any atom is -0.368 e. The molecule has 5 nitrogen and oxygen atoms in total. The van der Waals surface area contributed by atoms with E-state index in [4.69, 9.17) is 9.88 Å². The van der Waals surface area contributed by atoms with Crippen molar-refractivity contribution in [2.45, 2.75) is 30.3 Å². The number of primary sulfonamides is 1. The summed E-state index contributed by atoms with van der Waals surface area (Å²) in [5.41, 5.74) is 0. The number of hydrogen-bond donors (Lipinski definition) is 1. The number of aliphatic imine (C=N–C) groups is 1. The molecule has 15 heavy (non-hydrogen) atoms. The summed E-state index contributed by atoms with van der Waals surface area (Å²) in [6, 6.07) is 0. The second kappa shape index (κ2) is 4.11. The van der Waals surface area contributed by atoms with Crippen LogP contribution in [0.3, 0.4) is 0 Å². The van der Waals surface area contributed by atoms with E-state index in [2.05, 4.69) is 4.99 Å². The molecule has 2 N–H and O–H groups in total. The minimum atomic E-state index is -3.65. The van der Waals surface area contributed by atoms with E-state index in [1.165, 1.54) is 6.21 Å². The number of sulfonamides is 1. The van der Waals surface area contributed by atoms with Crippen molar-refractivity contribution < 1.29 is 13.2 Å². The predicted molar refractivity (Wildman–Crippen MR) is 65.4 cm³/mol. The van der Waals surface area contributed by atoms with Crippen molar-refractivity contribution in [3.63, 3.8) is 0 Å². The maximum atomic E-state index is 11.3. The van der Waals surface area contributed by atoms with E-state index in [9.17, 15) is 8.42 Å². The van der Waals surface area contributed by atoms with E-state index < -0.39 is 21.4 Å². The van der Waals surface area contributed by atoms with Crippen molar-refractivity contribution in [3.8, 4) is 0 Å². The quantitative estimate of drug-likeness (QED) is 0.761. The average molecular weight is 342 g/mol. The van der Waals surface area contributed by atoms with Gasteiger partial charge in [0.15, 0.2) is 0 Å². The molecule has 0 amide bonds. The zero-order valence-corrected chi connectivity index (χ0v) is 10.8. The van der Waals surface area contributed by atoms with Crippen molar-refractivity contribution in [3.05, 3.63) is 9.78 Å². The van der Waals surface area contributed by atoms with Gasteiger partial charge >= 0.3 is 0 Å². The van der Waals surface area contributed by atoms with Crippen LogP contribution in [0.2, 0.25) is 0 Å². The van der Waals surface area contributed by atoms with Crippen LogP contribution in [0.15, 0.2) is 14.8 Å². The Labute approximate surface area is 102 Å². The Morgan fingerprint density at radius 2 is 2.20 bits per heavy atom. The van der Waals surface area contributed by atoms with Crippen molar-refractivity contribution in [2.75, 3.05) is 0 Å². The lowest BCUT2D eigenvalue weighted by Crippen LogP contribution is -2.43. The molecule has 0 bridgehead atoms.